The normalized spacial score (nSPS) is 28.5. The Morgan fingerprint density at radius 1 is 1.48 bits per heavy atom. The smallest absolute Gasteiger partial charge is 0.307 e. The van der Waals surface area contributed by atoms with Crippen molar-refractivity contribution < 1.29 is 19.2 Å². The summed E-state index contributed by atoms with van der Waals surface area (Å²) in [5.74, 6) is -0.0610. The third-order valence-corrected chi connectivity index (χ3v) is 4.91. The van der Waals surface area contributed by atoms with E-state index in [1.807, 2.05) is 13.8 Å². The van der Waals surface area contributed by atoms with E-state index in [0.29, 0.717) is 30.5 Å². The average Bonchev–Trinajstić information content (AvgIpc) is 3.12. The summed E-state index contributed by atoms with van der Waals surface area (Å²) >= 11 is 0. The molecule has 118 valence electrons. The van der Waals surface area contributed by atoms with Gasteiger partial charge in [0.05, 0.1) is 11.8 Å². The van der Waals surface area contributed by atoms with Crippen LogP contribution in [0.2, 0.25) is 0 Å². The second-order valence-electron chi connectivity index (χ2n) is 6.04. The second-order valence-corrected chi connectivity index (χ2v) is 6.04. The molecular weight excluding hydrogens is 272 g/mol. The van der Waals surface area contributed by atoms with Crippen molar-refractivity contribution in [2.75, 3.05) is 7.11 Å². The molecule has 1 aromatic rings. The topological polar surface area (TPSA) is 85.5 Å². The van der Waals surface area contributed by atoms with Gasteiger partial charge >= 0.3 is 5.97 Å². The molecule has 1 saturated carbocycles. The van der Waals surface area contributed by atoms with Crippen molar-refractivity contribution in [2.45, 2.75) is 58.0 Å². The zero-order valence-corrected chi connectivity index (χ0v) is 13.1. The highest BCUT2D eigenvalue weighted by Gasteiger charge is 2.43. The number of nitrogens with zero attached hydrogens (tertiary/aromatic N) is 2. The molecule has 1 aromatic heterocycles. The average molecular weight is 296 g/mol. The van der Waals surface area contributed by atoms with Gasteiger partial charge < -0.3 is 14.4 Å². The van der Waals surface area contributed by atoms with E-state index in [-0.39, 0.29) is 5.92 Å². The van der Waals surface area contributed by atoms with Crippen LogP contribution in [0.5, 0.6) is 0 Å². The molecule has 1 aliphatic carbocycles. The number of hydrogen-bond acceptors (Lipinski definition) is 5. The lowest BCUT2D eigenvalue weighted by molar-refractivity contribution is -0.142. The number of rotatable bonds is 6. The molecule has 21 heavy (non-hydrogen) atoms. The van der Waals surface area contributed by atoms with Crippen molar-refractivity contribution in [2.24, 2.45) is 11.8 Å². The molecule has 0 saturated heterocycles. The van der Waals surface area contributed by atoms with E-state index >= 15 is 0 Å². The molecular formula is C15H24N2O4. The van der Waals surface area contributed by atoms with Gasteiger partial charge in [0.1, 0.15) is 5.60 Å². The minimum absolute atomic E-state index is 0.188. The number of carbonyl (C=O) groups is 1. The first-order valence-electron chi connectivity index (χ1n) is 7.57. The largest absolute Gasteiger partial charge is 0.481 e. The van der Waals surface area contributed by atoms with E-state index in [1.54, 1.807) is 7.11 Å². The van der Waals surface area contributed by atoms with Crippen molar-refractivity contribution in [3.05, 3.63) is 11.7 Å². The Morgan fingerprint density at radius 3 is 2.71 bits per heavy atom. The van der Waals surface area contributed by atoms with E-state index < -0.39 is 17.5 Å². The van der Waals surface area contributed by atoms with Crippen molar-refractivity contribution in [3.63, 3.8) is 0 Å². The van der Waals surface area contributed by atoms with Crippen molar-refractivity contribution >= 4 is 5.97 Å². The number of carboxylic acids is 1. The maximum atomic E-state index is 11.4. The van der Waals surface area contributed by atoms with Crippen LogP contribution in [-0.2, 0) is 15.1 Å². The molecule has 0 radical (unpaired) electrons. The van der Waals surface area contributed by atoms with Gasteiger partial charge in [0.15, 0.2) is 0 Å². The van der Waals surface area contributed by atoms with Crippen LogP contribution in [0.15, 0.2) is 4.52 Å². The second kappa shape index (κ2) is 6.13. The van der Waals surface area contributed by atoms with E-state index in [1.165, 1.54) is 0 Å². The predicted molar refractivity (Wildman–Crippen MR) is 75.8 cm³/mol. The lowest BCUT2D eigenvalue weighted by Crippen LogP contribution is -2.25. The van der Waals surface area contributed by atoms with Gasteiger partial charge in [0.25, 0.3) is 0 Å². The molecule has 1 fully saturated rings. The summed E-state index contributed by atoms with van der Waals surface area (Å²) in [6, 6.07) is 0. The van der Waals surface area contributed by atoms with Gasteiger partial charge in [0, 0.05) is 7.11 Å². The third-order valence-electron chi connectivity index (χ3n) is 4.91. The molecule has 4 atom stereocenters. The minimum atomic E-state index is -0.777. The van der Waals surface area contributed by atoms with E-state index in [2.05, 4.69) is 17.1 Å². The van der Waals surface area contributed by atoms with Crippen LogP contribution in [0.25, 0.3) is 0 Å². The predicted octanol–water partition coefficient (Wildman–Crippen LogP) is 2.95. The van der Waals surface area contributed by atoms with E-state index in [9.17, 15) is 9.90 Å². The van der Waals surface area contributed by atoms with Crippen LogP contribution in [-0.4, -0.2) is 28.3 Å². The summed E-state index contributed by atoms with van der Waals surface area (Å²) in [6.07, 6.45) is 3.17. The number of methoxy groups -OCH3 is 1. The van der Waals surface area contributed by atoms with E-state index in [4.69, 9.17) is 9.26 Å². The Kier molecular flexibility index (Phi) is 4.66. The maximum absolute atomic E-state index is 11.4. The lowest BCUT2D eigenvalue weighted by Gasteiger charge is -2.21. The highest BCUT2D eigenvalue weighted by molar-refractivity contribution is 5.71. The SMILES string of the molecule is CCC1CC(C(=O)O)C(c2nc(C(C)(CC)OC)no2)C1. The van der Waals surface area contributed by atoms with Crippen molar-refractivity contribution in [1.29, 1.82) is 0 Å². The fourth-order valence-electron chi connectivity index (χ4n) is 3.02. The van der Waals surface area contributed by atoms with Crippen LogP contribution in [0, 0.1) is 11.8 Å². The molecule has 0 bridgehead atoms. The minimum Gasteiger partial charge on any atom is -0.481 e. The first-order chi connectivity index (χ1) is 9.95. The summed E-state index contributed by atoms with van der Waals surface area (Å²) in [5, 5.41) is 13.4. The Labute approximate surface area is 124 Å². The Hall–Kier alpha value is -1.43. The molecule has 4 unspecified atom stereocenters. The molecule has 0 aromatic carbocycles. The molecule has 6 heteroatoms. The van der Waals surface area contributed by atoms with Crippen LogP contribution in [0.1, 0.15) is 64.1 Å². The van der Waals surface area contributed by atoms with Gasteiger partial charge in [-0.3, -0.25) is 4.79 Å². The number of aliphatic carboxylic acids is 1. The summed E-state index contributed by atoms with van der Waals surface area (Å²) < 4.78 is 10.8. The molecule has 0 aliphatic heterocycles. The summed E-state index contributed by atoms with van der Waals surface area (Å²) in [5.41, 5.74) is -0.594. The molecule has 1 N–H and O–H groups in total. The zero-order chi connectivity index (χ0) is 15.6. The molecule has 1 heterocycles. The first kappa shape index (κ1) is 15.9. The van der Waals surface area contributed by atoms with Gasteiger partial charge in [-0.1, -0.05) is 25.4 Å². The van der Waals surface area contributed by atoms with Gasteiger partial charge in [-0.05, 0) is 32.1 Å². The van der Waals surface area contributed by atoms with E-state index in [0.717, 1.165) is 12.8 Å². The third kappa shape index (κ3) is 2.95. The molecule has 2 rings (SSSR count). The first-order valence-corrected chi connectivity index (χ1v) is 7.57. The Morgan fingerprint density at radius 2 is 2.19 bits per heavy atom. The number of ether oxygens (including phenoxy) is 1. The summed E-state index contributed by atoms with van der Waals surface area (Å²) in [6.45, 7) is 5.98. The fraction of sp³-hybridized carbons (Fsp3) is 0.800. The summed E-state index contributed by atoms with van der Waals surface area (Å²) in [4.78, 5) is 15.9. The number of hydrogen-bond donors (Lipinski definition) is 1. The van der Waals surface area contributed by atoms with Crippen LogP contribution in [0.4, 0.5) is 0 Å². The monoisotopic (exact) mass is 296 g/mol. The fourth-order valence-corrected chi connectivity index (χ4v) is 3.02. The molecule has 1 aliphatic rings. The van der Waals surface area contributed by atoms with Crippen molar-refractivity contribution in [1.82, 2.24) is 10.1 Å². The number of carboxylic acid groups (broad SMARTS) is 1. The van der Waals surface area contributed by atoms with Crippen LogP contribution < -0.4 is 0 Å². The highest BCUT2D eigenvalue weighted by atomic mass is 16.5. The zero-order valence-electron chi connectivity index (χ0n) is 13.1. The molecule has 6 nitrogen and oxygen atoms in total. The molecule has 0 amide bonds. The maximum Gasteiger partial charge on any atom is 0.307 e. The van der Waals surface area contributed by atoms with Crippen LogP contribution >= 0.6 is 0 Å². The lowest BCUT2D eigenvalue weighted by atomic mass is 9.96. The quantitative estimate of drug-likeness (QED) is 0.868. The Bertz CT molecular complexity index is 496. The van der Waals surface area contributed by atoms with Gasteiger partial charge in [-0.2, -0.15) is 4.98 Å². The Balaban J connectivity index is 2.26. The molecule has 0 spiro atoms. The van der Waals surface area contributed by atoms with Crippen LogP contribution in [0.3, 0.4) is 0 Å². The van der Waals surface area contributed by atoms with Gasteiger partial charge in [-0.15, -0.1) is 0 Å². The van der Waals surface area contributed by atoms with Gasteiger partial charge in [0.2, 0.25) is 11.7 Å². The van der Waals surface area contributed by atoms with Gasteiger partial charge in [-0.25, -0.2) is 0 Å². The standard InChI is InChI=1S/C15H24N2O4/c1-5-9-7-10(11(8-9)13(18)19)12-16-14(17-21-12)15(3,6-2)20-4/h9-11H,5-8H2,1-4H3,(H,18,19). The van der Waals surface area contributed by atoms with Crippen molar-refractivity contribution in [3.8, 4) is 0 Å². The number of aromatic nitrogens is 2. The summed E-state index contributed by atoms with van der Waals surface area (Å²) in [7, 11) is 1.61. The highest BCUT2D eigenvalue weighted by Crippen LogP contribution is 2.44.